The summed E-state index contributed by atoms with van der Waals surface area (Å²) in [7, 11) is 3.40. The van der Waals surface area contributed by atoms with Gasteiger partial charge in [-0.15, -0.1) is 12.4 Å². The summed E-state index contributed by atoms with van der Waals surface area (Å²) in [5.74, 6) is -0.176. The van der Waals surface area contributed by atoms with E-state index in [0.717, 1.165) is 12.1 Å². The molecule has 6 nitrogen and oxygen atoms in total. The highest BCUT2D eigenvalue weighted by molar-refractivity contribution is 5.85. The van der Waals surface area contributed by atoms with E-state index in [0.29, 0.717) is 5.56 Å². The van der Waals surface area contributed by atoms with Crippen LogP contribution in [0.5, 0.6) is 5.75 Å². The van der Waals surface area contributed by atoms with Crippen LogP contribution in [0.15, 0.2) is 36.7 Å². The van der Waals surface area contributed by atoms with E-state index in [1.165, 1.54) is 12.1 Å². The molecule has 144 valence electrons. The van der Waals surface area contributed by atoms with Crippen LogP contribution in [0.25, 0.3) is 0 Å². The molecule has 0 fully saturated rings. The Kier molecular flexibility index (Phi) is 7.91. The van der Waals surface area contributed by atoms with Crippen molar-refractivity contribution in [1.29, 1.82) is 0 Å². The fourth-order valence-corrected chi connectivity index (χ4v) is 2.25. The lowest BCUT2D eigenvalue weighted by atomic mass is 10.1. The van der Waals surface area contributed by atoms with E-state index >= 15 is 0 Å². The van der Waals surface area contributed by atoms with Crippen LogP contribution in [0.2, 0.25) is 0 Å². The Morgan fingerprint density at radius 3 is 2.69 bits per heavy atom. The molecule has 2 aromatic rings. The van der Waals surface area contributed by atoms with Crippen molar-refractivity contribution >= 4 is 18.3 Å². The van der Waals surface area contributed by atoms with Gasteiger partial charge in [-0.25, -0.2) is 0 Å². The molecule has 0 aliphatic rings. The molecule has 0 spiro atoms. The zero-order valence-electron chi connectivity index (χ0n) is 14.2. The molecule has 0 aliphatic carbocycles. The molecule has 0 saturated carbocycles. The SMILES string of the molecule is CNC(C(=O)NCCOc1cccc(C(F)(F)F)c1)c1cnn(C)c1.Cl. The van der Waals surface area contributed by atoms with Gasteiger partial charge in [-0.1, -0.05) is 6.07 Å². The number of benzene rings is 1. The van der Waals surface area contributed by atoms with Gasteiger partial charge >= 0.3 is 6.18 Å². The third-order valence-electron chi connectivity index (χ3n) is 3.44. The average molecular weight is 393 g/mol. The zero-order valence-corrected chi connectivity index (χ0v) is 15.0. The Bertz CT molecular complexity index is 722. The van der Waals surface area contributed by atoms with E-state index in [1.54, 1.807) is 31.2 Å². The van der Waals surface area contributed by atoms with Crippen LogP contribution >= 0.6 is 12.4 Å². The van der Waals surface area contributed by atoms with Crippen molar-refractivity contribution in [2.45, 2.75) is 12.2 Å². The number of halogens is 4. The number of rotatable bonds is 7. The van der Waals surface area contributed by atoms with Crippen LogP contribution in [-0.2, 0) is 18.0 Å². The molecule has 1 atom stereocenters. The first-order valence-corrected chi connectivity index (χ1v) is 7.55. The molecule has 10 heteroatoms. The zero-order chi connectivity index (χ0) is 18.4. The number of nitrogens with zero attached hydrogens (tertiary/aromatic N) is 2. The van der Waals surface area contributed by atoms with Crippen molar-refractivity contribution in [3.63, 3.8) is 0 Å². The number of carbonyl (C=O) groups excluding carboxylic acids is 1. The van der Waals surface area contributed by atoms with Crippen molar-refractivity contribution in [2.75, 3.05) is 20.2 Å². The van der Waals surface area contributed by atoms with Gasteiger partial charge in [0.1, 0.15) is 18.4 Å². The Morgan fingerprint density at radius 2 is 2.12 bits per heavy atom. The highest BCUT2D eigenvalue weighted by atomic mass is 35.5. The second-order valence-corrected chi connectivity index (χ2v) is 5.33. The van der Waals surface area contributed by atoms with E-state index in [4.69, 9.17) is 4.74 Å². The predicted octanol–water partition coefficient (Wildman–Crippen LogP) is 2.32. The van der Waals surface area contributed by atoms with E-state index in [1.807, 2.05) is 0 Å². The van der Waals surface area contributed by atoms with Crippen LogP contribution in [0.3, 0.4) is 0 Å². The highest BCUT2D eigenvalue weighted by Crippen LogP contribution is 2.31. The summed E-state index contributed by atoms with van der Waals surface area (Å²) >= 11 is 0. The molecular weight excluding hydrogens is 373 g/mol. The second kappa shape index (κ2) is 9.44. The molecule has 0 aliphatic heterocycles. The number of amides is 1. The van der Waals surface area contributed by atoms with Gasteiger partial charge < -0.3 is 15.4 Å². The van der Waals surface area contributed by atoms with Crippen molar-refractivity contribution in [3.05, 3.63) is 47.8 Å². The molecule has 1 amide bonds. The van der Waals surface area contributed by atoms with Gasteiger partial charge in [0.15, 0.2) is 0 Å². The molecule has 1 aromatic heterocycles. The number of aryl methyl sites for hydroxylation is 1. The number of nitrogens with one attached hydrogen (secondary N) is 2. The summed E-state index contributed by atoms with van der Waals surface area (Å²) in [4.78, 5) is 12.2. The van der Waals surface area contributed by atoms with Gasteiger partial charge in [-0.05, 0) is 25.2 Å². The maximum atomic E-state index is 12.6. The summed E-state index contributed by atoms with van der Waals surface area (Å²) in [5, 5.41) is 9.57. The third-order valence-corrected chi connectivity index (χ3v) is 3.44. The van der Waals surface area contributed by atoms with Crippen molar-refractivity contribution < 1.29 is 22.7 Å². The molecule has 0 saturated heterocycles. The van der Waals surface area contributed by atoms with Crippen molar-refractivity contribution in [2.24, 2.45) is 7.05 Å². The topological polar surface area (TPSA) is 68.2 Å². The van der Waals surface area contributed by atoms with Gasteiger partial charge in [-0.2, -0.15) is 18.3 Å². The molecule has 26 heavy (non-hydrogen) atoms. The molecule has 0 bridgehead atoms. The third kappa shape index (κ3) is 5.92. The highest BCUT2D eigenvalue weighted by Gasteiger charge is 2.30. The second-order valence-electron chi connectivity index (χ2n) is 5.33. The number of hydrogen-bond acceptors (Lipinski definition) is 4. The number of ether oxygens (including phenoxy) is 1. The van der Waals surface area contributed by atoms with E-state index in [9.17, 15) is 18.0 Å². The average Bonchev–Trinajstić information content (AvgIpc) is 2.98. The molecule has 1 heterocycles. The summed E-state index contributed by atoms with van der Waals surface area (Å²) in [6, 6.07) is 4.04. The quantitative estimate of drug-likeness (QED) is 0.710. The van der Waals surface area contributed by atoms with Gasteiger partial charge in [0.25, 0.3) is 0 Å². The minimum atomic E-state index is -4.42. The maximum Gasteiger partial charge on any atom is 0.416 e. The first-order chi connectivity index (χ1) is 11.8. The van der Waals surface area contributed by atoms with Crippen molar-refractivity contribution in [3.8, 4) is 5.75 Å². The smallest absolute Gasteiger partial charge is 0.416 e. The van der Waals surface area contributed by atoms with Gasteiger partial charge in [0.2, 0.25) is 5.91 Å². The lowest BCUT2D eigenvalue weighted by Gasteiger charge is -2.15. The lowest BCUT2D eigenvalue weighted by Crippen LogP contribution is -2.37. The van der Waals surface area contributed by atoms with Crippen LogP contribution < -0.4 is 15.4 Å². The molecule has 0 radical (unpaired) electrons. The first-order valence-electron chi connectivity index (χ1n) is 7.55. The lowest BCUT2D eigenvalue weighted by molar-refractivity contribution is -0.137. The standard InChI is InChI=1S/C16H19F3N4O2.ClH/c1-20-14(11-9-22-23(2)10-11)15(24)21-6-7-25-13-5-3-4-12(8-13)16(17,18)19;/h3-5,8-10,14,20H,6-7H2,1-2H3,(H,21,24);1H. The largest absolute Gasteiger partial charge is 0.492 e. The summed E-state index contributed by atoms with van der Waals surface area (Å²) < 4.78 is 44.7. The molecular formula is C16H20ClF3N4O2. The fraction of sp³-hybridized carbons (Fsp3) is 0.375. The van der Waals surface area contributed by atoms with E-state index in [2.05, 4.69) is 15.7 Å². The van der Waals surface area contributed by atoms with Crippen molar-refractivity contribution in [1.82, 2.24) is 20.4 Å². The number of aromatic nitrogens is 2. The van der Waals surface area contributed by atoms with Gasteiger partial charge in [-0.3, -0.25) is 9.48 Å². The predicted molar refractivity (Wildman–Crippen MR) is 92.2 cm³/mol. The van der Waals surface area contributed by atoms with E-state index < -0.39 is 17.8 Å². The van der Waals surface area contributed by atoms with E-state index in [-0.39, 0.29) is 37.2 Å². The molecule has 2 N–H and O–H groups in total. The monoisotopic (exact) mass is 392 g/mol. The first kappa shape index (κ1) is 21.8. The van der Waals surface area contributed by atoms with Crippen LogP contribution in [0.1, 0.15) is 17.2 Å². The Balaban J connectivity index is 0.00000338. The number of hydrogen-bond donors (Lipinski definition) is 2. The van der Waals surface area contributed by atoms with Gasteiger partial charge in [0.05, 0.1) is 18.3 Å². The normalized spacial score (nSPS) is 12.2. The molecule has 1 aromatic carbocycles. The Labute approximate surface area is 155 Å². The number of likely N-dealkylation sites (N-methyl/N-ethyl adjacent to an activating group) is 1. The Morgan fingerprint density at radius 1 is 1.38 bits per heavy atom. The molecule has 2 rings (SSSR count). The molecule has 1 unspecified atom stereocenters. The number of carbonyl (C=O) groups is 1. The summed E-state index contributed by atoms with van der Waals surface area (Å²) in [5.41, 5.74) is -0.0674. The summed E-state index contributed by atoms with van der Waals surface area (Å²) in [6.45, 7) is 0.212. The minimum absolute atomic E-state index is 0. The fourth-order valence-electron chi connectivity index (χ4n) is 2.25. The van der Waals surface area contributed by atoms with Crippen LogP contribution in [-0.4, -0.2) is 35.9 Å². The minimum Gasteiger partial charge on any atom is -0.492 e. The van der Waals surface area contributed by atoms with Crippen LogP contribution in [0, 0.1) is 0 Å². The van der Waals surface area contributed by atoms with Gasteiger partial charge in [0, 0.05) is 18.8 Å². The Hall–Kier alpha value is -2.26. The van der Waals surface area contributed by atoms with Crippen LogP contribution in [0.4, 0.5) is 13.2 Å². The maximum absolute atomic E-state index is 12.6. The summed E-state index contributed by atoms with van der Waals surface area (Å²) in [6.07, 6.45) is -1.11. The number of alkyl halides is 3.